The molecule has 0 aromatic heterocycles. The van der Waals surface area contributed by atoms with Gasteiger partial charge in [-0.2, -0.15) is 0 Å². The van der Waals surface area contributed by atoms with E-state index in [1.165, 1.54) is 0 Å². The van der Waals surface area contributed by atoms with Gasteiger partial charge in [-0.05, 0) is 6.92 Å². The second kappa shape index (κ2) is 3.32. The van der Waals surface area contributed by atoms with E-state index in [4.69, 9.17) is 14.2 Å². The fourth-order valence-electron chi connectivity index (χ4n) is 0.698. The molecule has 0 saturated carbocycles. The SMILES string of the molecule is COCOCC[C@@]1(C)CO1. The van der Waals surface area contributed by atoms with Crippen molar-refractivity contribution < 1.29 is 14.2 Å². The number of epoxide rings is 1. The van der Waals surface area contributed by atoms with Crippen LogP contribution in [-0.4, -0.2) is 32.7 Å². The maximum absolute atomic E-state index is 5.16. The first-order valence-electron chi connectivity index (χ1n) is 3.47. The lowest BCUT2D eigenvalue weighted by atomic mass is 10.1. The number of hydrogen-bond donors (Lipinski definition) is 0. The third-order valence-corrected chi connectivity index (χ3v) is 1.61. The molecule has 0 N–H and O–H groups in total. The van der Waals surface area contributed by atoms with E-state index in [9.17, 15) is 0 Å². The Morgan fingerprint density at radius 3 is 2.80 bits per heavy atom. The van der Waals surface area contributed by atoms with E-state index in [0.717, 1.165) is 19.6 Å². The zero-order chi connectivity index (χ0) is 7.45. The molecule has 0 aromatic carbocycles. The molecule has 0 unspecified atom stereocenters. The van der Waals surface area contributed by atoms with Gasteiger partial charge in [-0.1, -0.05) is 0 Å². The van der Waals surface area contributed by atoms with Gasteiger partial charge < -0.3 is 14.2 Å². The molecule has 0 amide bonds. The third kappa shape index (κ3) is 2.64. The van der Waals surface area contributed by atoms with Crippen LogP contribution >= 0.6 is 0 Å². The van der Waals surface area contributed by atoms with Crippen LogP contribution in [0.1, 0.15) is 13.3 Å². The van der Waals surface area contributed by atoms with Crippen molar-refractivity contribution in [2.75, 3.05) is 27.1 Å². The highest BCUT2D eigenvalue weighted by Crippen LogP contribution is 2.29. The summed E-state index contributed by atoms with van der Waals surface area (Å²) in [6.07, 6.45) is 0.969. The third-order valence-electron chi connectivity index (χ3n) is 1.61. The molecule has 3 nitrogen and oxygen atoms in total. The summed E-state index contributed by atoms with van der Waals surface area (Å²) in [6, 6.07) is 0. The molecular weight excluding hydrogens is 132 g/mol. The zero-order valence-corrected chi connectivity index (χ0v) is 6.55. The molecule has 1 aliphatic rings. The van der Waals surface area contributed by atoms with Crippen molar-refractivity contribution in [1.82, 2.24) is 0 Å². The molecule has 1 fully saturated rings. The smallest absolute Gasteiger partial charge is 0.146 e. The monoisotopic (exact) mass is 146 g/mol. The maximum Gasteiger partial charge on any atom is 0.146 e. The minimum atomic E-state index is 0.119. The highest BCUT2D eigenvalue weighted by atomic mass is 16.7. The van der Waals surface area contributed by atoms with Gasteiger partial charge >= 0.3 is 0 Å². The van der Waals surface area contributed by atoms with Crippen LogP contribution in [-0.2, 0) is 14.2 Å². The van der Waals surface area contributed by atoms with Crippen molar-refractivity contribution in [2.45, 2.75) is 18.9 Å². The van der Waals surface area contributed by atoms with E-state index >= 15 is 0 Å². The summed E-state index contributed by atoms with van der Waals surface area (Å²) >= 11 is 0. The van der Waals surface area contributed by atoms with Crippen LogP contribution in [0, 0.1) is 0 Å². The fourth-order valence-corrected chi connectivity index (χ4v) is 0.698. The van der Waals surface area contributed by atoms with E-state index in [0.29, 0.717) is 6.79 Å². The quantitative estimate of drug-likeness (QED) is 0.326. The summed E-state index contributed by atoms with van der Waals surface area (Å²) in [5.74, 6) is 0. The molecule has 60 valence electrons. The molecule has 1 rings (SSSR count). The largest absolute Gasteiger partial charge is 0.370 e. The first-order valence-corrected chi connectivity index (χ1v) is 3.47. The second-order valence-corrected chi connectivity index (χ2v) is 2.80. The first kappa shape index (κ1) is 7.98. The molecule has 0 radical (unpaired) electrons. The number of methoxy groups -OCH3 is 1. The average molecular weight is 146 g/mol. The molecule has 1 atom stereocenters. The van der Waals surface area contributed by atoms with Crippen LogP contribution in [0.4, 0.5) is 0 Å². The number of rotatable bonds is 5. The minimum Gasteiger partial charge on any atom is -0.370 e. The van der Waals surface area contributed by atoms with Crippen LogP contribution in [0.3, 0.4) is 0 Å². The highest BCUT2D eigenvalue weighted by Gasteiger charge is 2.38. The topological polar surface area (TPSA) is 31.0 Å². The predicted octanol–water partition coefficient (Wildman–Crippen LogP) is 0.786. The summed E-state index contributed by atoms with van der Waals surface area (Å²) < 4.78 is 15.0. The van der Waals surface area contributed by atoms with Crippen molar-refractivity contribution in [3.05, 3.63) is 0 Å². The first-order chi connectivity index (χ1) is 4.77. The van der Waals surface area contributed by atoms with Crippen molar-refractivity contribution >= 4 is 0 Å². The molecule has 1 saturated heterocycles. The number of hydrogen-bond acceptors (Lipinski definition) is 3. The fraction of sp³-hybridized carbons (Fsp3) is 1.00. The van der Waals surface area contributed by atoms with Gasteiger partial charge in [0, 0.05) is 13.5 Å². The van der Waals surface area contributed by atoms with Gasteiger partial charge in [0.05, 0.1) is 18.8 Å². The lowest BCUT2D eigenvalue weighted by Gasteiger charge is -2.04. The van der Waals surface area contributed by atoms with E-state index in [1.807, 2.05) is 0 Å². The summed E-state index contributed by atoms with van der Waals surface area (Å²) in [7, 11) is 1.62. The Hall–Kier alpha value is -0.120. The predicted molar refractivity (Wildman–Crippen MR) is 36.8 cm³/mol. The van der Waals surface area contributed by atoms with Gasteiger partial charge in [0.15, 0.2) is 0 Å². The molecule has 0 spiro atoms. The summed E-state index contributed by atoms with van der Waals surface area (Å²) in [6.45, 7) is 4.08. The summed E-state index contributed by atoms with van der Waals surface area (Å²) in [5.41, 5.74) is 0.119. The molecule has 1 aliphatic heterocycles. The van der Waals surface area contributed by atoms with Crippen molar-refractivity contribution in [2.24, 2.45) is 0 Å². The Bertz CT molecular complexity index is 99.0. The maximum atomic E-state index is 5.16. The van der Waals surface area contributed by atoms with Gasteiger partial charge in [0.25, 0.3) is 0 Å². The summed E-state index contributed by atoms with van der Waals surface area (Å²) in [4.78, 5) is 0. The molecule has 0 aliphatic carbocycles. The van der Waals surface area contributed by atoms with Gasteiger partial charge in [0.1, 0.15) is 6.79 Å². The Balaban J connectivity index is 1.86. The van der Waals surface area contributed by atoms with Crippen LogP contribution < -0.4 is 0 Å². The second-order valence-electron chi connectivity index (χ2n) is 2.80. The lowest BCUT2D eigenvalue weighted by Crippen LogP contribution is -2.09. The van der Waals surface area contributed by atoms with E-state index in [-0.39, 0.29) is 5.60 Å². The van der Waals surface area contributed by atoms with Gasteiger partial charge in [-0.3, -0.25) is 0 Å². The molecule has 3 heteroatoms. The Labute approximate surface area is 61.3 Å². The van der Waals surface area contributed by atoms with Crippen molar-refractivity contribution in [3.8, 4) is 0 Å². The number of ether oxygens (including phenoxy) is 3. The van der Waals surface area contributed by atoms with E-state index < -0.39 is 0 Å². The van der Waals surface area contributed by atoms with Crippen LogP contribution in [0.2, 0.25) is 0 Å². The van der Waals surface area contributed by atoms with Crippen LogP contribution in [0.15, 0.2) is 0 Å². The van der Waals surface area contributed by atoms with E-state index in [1.54, 1.807) is 7.11 Å². The molecule has 0 aromatic rings. The van der Waals surface area contributed by atoms with Gasteiger partial charge in [0.2, 0.25) is 0 Å². The van der Waals surface area contributed by atoms with Crippen molar-refractivity contribution in [3.63, 3.8) is 0 Å². The molecular formula is C7H14O3. The minimum absolute atomic E-state index is 0.119. The average Bonchev–Trinajstić information content (AvgIpc) is 2.62. The molecule has 10 heavy (non-hydrogen) atoms. The van der Waals surface area contributed by atoms with Crippen molar-refractivity contribution in [1.29, 1.82) is 0 Å². The molecule has 0 bridgehead atoms. The Kier molecular flexibility index (Phi) is 2.65. The highest BCUT2D eigenvalue weighted by molar-refractivity contribution is 4.86. The standard InChI is InChI=1S/C7H14O3/c1-7(5-10-7)3-4-9-6-8-2/h3-6H2,1-2H3/t7-/m0/s1. The Morgan fingerprint density at radius 1 is 1.60 bits per heavy atom. The Morgan fingerprint density at radius 2 is 2.30 bits per heavy atom. The molecule has 1 heterocycles. The van der Waals surface area contributed by atoms with Crippen LogP contribution in [0.5, 0.6) is 0 Å². The summed E-state index contributed by atoms with van der Waals surface area (Å²) in [5, 5.41) is 0. The lowest BCUT2D eigenvalue weighted by molar-refractivity contribution is -0.0351. The normalized spacial score (nSPS) is 30.6. The zero-order valence-electron chi connectivity index (χ0n) is 6.55. The van der Waals surface area contributed by atoms with Crippen LogP contribution in [0.25, 0.3) is 0 Å². The van der Waals surface area contributed by atoms with Gasteiger partial charge in [-0.25, -0.2) is 0 Å². The van der Waals surface area contributed by atoms with E-state index in [2.05, 4.69) is 6.92 Å². The van der Waals surface area contributed by atoms with Gasteiger partial charge in [-0.15, -0.1) is 0 Å².